The minimum Gasteiger partial charge on any atom is -0.493 e. The average molecular weight is 577 g/mol. The van der Waals surface area contributed by atoms with Gasteiger partial charge >= 0.3 is 0 Å². The molecule has 0 spiro atoms. The van der Waals surface area contributed by atoms with Crippen molar-refractivity contribution in [3.63, 3.8) is 0 Å². The maximum atomic E-state index is 6.72. The molecule has 8 heteroatoms. The molecule has 0 saturated heterocycles. The number of benzene rings is 2. The summed E-state index contributed by atoms with van der Waals surface area (Å²) in [5.74, 6) is 2.71. The first-order chi connectivity index (χ1) is 18.2. The van der Waals surface area contributed by atoms with Crippen LogP contribution in [0.15, 0.2) is 47.6 Å². The first kappa shape index (κ1) is 27.1. The highest BCUT2D eigenvalue weighted by molar-refractivity contribution is 6.68. The molecular formula is C30H32Cl3NO4. The van der Waals surface area contributed by atoms with Gasteiger partial charge < -0.3 is 23.8 Å². The molecule has 202 valence electrons. The van der Waals surface area contributed by atoms with Crippen molar-refractivity contribution < 1.29 is 18.9 Å². The molecule has 0 unspecified atom stereocenters. The Morgan fingerprint density at radius 3 is 2.58 bits per heavy atom. The molecule has 0 amide bonds. The van der Waals surface area contributed by atoms with Crippen molar-refractivity contribution in [2.75, 3.05) is 27.1 Å². The largest absolute Gasteiger partial charge is 0.493 e. The molecule has 38 heavy (non-hydrogen) atoms. The Kier molecular flexibility index (Phi) is 7.82. The highest BCUT2D eigenvalue weighted by Crippen LogP contribution is 2.56. The fraction of sp³-hybridized carbons (Fsp3) is 0.400. The molecule has 1 atom stereocenters. The van der Waals surface area contributed by atoms with E-state index >= 15 is 0 Å². The van der Waals surface area contributed by atoms with Crippen LogP contribution in [-0.4, -0.2) is 35.7 Å². The van der Waals surface area contributed by atoms with E-state index in [9.17, 15) is 0 Å². The zero-order valence-corrected chi connectivity index (χ0v) is 24.3. The maximum Gasteiger partial charge on any atom is 0.231 e. The molecule has 0 fully saturated rings. The number of fused-ring (bicyclic) bond motifs is 5. The lowest BCUT2D eigenvalue weighted by molar-refractivity contribution is 0.174. The summed E-state index contributed by atoms with van der Waals surface area (Å²) in [4.78, 5) is 2.16. The number of nitrogens with zero attached hydrogens (tertiary/aromatic N) is 1. The van der Waals surface area contributed by atoms with Gasteiger partial charge in [0.2, 0.25) is 10.6 Å². The van der Waals surface area contributed by atoms with E-state index in [-0.39, 0.29) is 6.79 Å². The van der Waals surface area contributed by atoms with Crippen LogP contribution in [0.5, 0.6) is 23.0 Å². The molecule has 0 aliphatic carbocycles. The van der Waals surface area contributed by atoms with E-state index in [0.29, 0.717) is 24.7 Å². The third-order valence-electron chi connectivity index (χ3n) is 7.16. The van der Waals surface area contributed by atoms with E-state index in [1.165, 1.54) is 16.7 Å². The molecule has 3 aliphatic rings. The van der Waals surface area contributed by atoms with Gasteiger partial charge in [-0.25, -0.2) is 0 Å². The van der Waals surface area contributed by atoms with Crippen molar-refractivity contribution in [2.45, 2.75) is 49.9 Å². The molecular weight excluding hydrogens is 545 g/mol. The first-order valence-corrected chi connectivity index (χ1v) is 13.9. The van der Waals surface area contributed by atoms with Gasteiger partial charge in [-0.05, 0) is 81.5 Å². The minimum absolute atomic E-state index is 0.226. The van der Waals surface area contributed by atoms with Crippen molar-refractivity contribution in [1.29, 1.82) is 0 Å². The molecule has 2 aromatic rings. The van der Waals surface area contributed by atoms with Crippen LogP contribution < -0.4 is 18.9 Å². The Hall–Kier alpha value is -2.47. The van der Waals surface area contributed by atoms with Gasteiger partial charge in [0, 0.05) is 23.4 Å². The molecule has 0 bridgehead atoms. The summed E-state index contributed by atoms with van der Waals surface area (Å²) in [5.41, 5.74) is 7.55. The molecule has 0 aromatic heterocycles. The van der Waals surface area contributed by atoms with Crippen molar-refractivity contribution in [2.24, 2.45) is 0 Å². The summed E-state index contributed by atoms with van der Waals surface area (Å²) < 4.78 is 21.7. The summed E-state index contributed by atoms with van der Waals surface area (Å²) in [6, 6.07) is 7.42. The summed E-state index contributed by atoms with van der Waals surface area (Å²) in [7, 11) is 1.63. The van der Waals surface area contributed by atoms with Gasteiger partial charge in [-0.2, -0.15) is 0 Å². The Morgan fingerprint density at radius 2 is 1.87 bits per heavy atom. The second-order valence-corrected chi connectivity index (χ2v) is 12.4. The lowest BCUT2D eigenvalue weighted by atomic mass is 9.86. The van der Waals surface area contributed by atoms with E-state index < -0.39 is 9.83 Å². The number of methoxy groups -OCH3 is 1. The van der Waals surface area contributed by atoms with Crippen LogP contribution in [0.1, 0.15) is 61.9 Å². The van der Waals surface area contributed by atoms with Gasteiger partial charge in [0.25, 0.3) is 0 Å². The summed E-state index contributed by atoms with van der Waals surface area (Å²) in [5, 5.41) is 0. The summed E-state index contributed by atoms with van der Waals surface area (Å²) in [6.45, 7) is 7.65. The molecule has 0 saturated carbocycles. The predicted octanol–water partition coefficient (Wildman–Crippen LogP) is 8.28. The third-order valence-corrected chi connectivity index (χ3v) is 7.78. The molecule has 0 N–H and O–H groups in total. The number of halogens is 3. The quantitative estimate of drug-likeness (QED) is 0.245. The zero-order chi connectivity index (χ0) is 27.0. The maximum absolute atomic E-state index is 6.72. The van der Waals surface area contributed by atoms with Crippen LogP contribution in [0, 0.1) is 0 Å². The third kappa shape index (κ3) is 5.34. The highest BCUT2D eigenvalue weighted by Gasteiger charge is 2.46. The van der Waals surface area contributed by atoms with Crippen LogP contribution in [0.25, 0.3) is 11.8 Å². The minimum atomic E-state index is -1.62. The van der Waals surface area contributed by atoms with Crippen molar-refractivity contribution in [3.05, 3.63) is 69.8 Å². The van der Waals surface area contributed by atoms with Crippen molar-refractivity contribution >= 4 is 46.6 Å². The fourth-order valence-corrected chi connectivity index (χ4v) is 5.97. The zero-order valence-electron chi connectivity index (χ0n) is 22.1. The van der Waals surface area contributed by atoms with Crippen LogP contribution in [0.2, 0.25) is 0 Å². The molecule has 3 aliphatic heterocycles. The van der Waals surface area contributed by atoms with Gasteiger partial charge in [0.1, 0.15) is 12.6 Å². The van der Waals surface area contributed by atoms with E-state index in [1.807, 2.05) is 18.2 Å². The fourth-order valence-electron chi connectivity index (χ4n) is 5.29. The van der Waals surface area contributed by atoms with Gasteiger partial charge in [0.15, 0.2) is 23.0 Å². The van der Waals surface area contributed by atoms with Gasteiger partial charge in [0.05, 0.1) is 7.11 Å². The Morgan fingerprint density at radius 1 is 1.11 bits per heavy atom. The highest BCUT2D eigenvalue weighted by atomic mass is 35.6. The normalized spacial score (nSPS) is 17.8. The van der Waals surface area contributed by atoms with Crippen LogP contribution in [0.3, 0.4) is 0 Å². The van der Waals surface area contributed by atoms with Gasteiger partial charge in [-0.15, -0.1) is 0 Å². The van der Waals surface area contributed by atoms with E-state index in [4.69, 9.17) is 53.8 Å². The Labute approximate surface area is 239 Å². The molecule has 5 rings (SSSR count). The van der Waals surface area contributed by atoms with E-state index in [2.05, 4.69) is 50.0 Å². The lowest BCUT2D eigenvalue weighted by Crippen LogP contribution is -2.41. The topological polar surface area (TPSA) is 40.2 Å². The number of alkyl halides is 3. The number of hydrogen-bond donors (Lipinski definition) is 0. The van der Waals surface area contributed by atoms with Crippen LogP contribution in [-0.2, 0) is 6.42 Å². The van der Waals surface area contributed by atoms with Crippen LogP contribution >= 0.6 is 34.8 Å². The summed E-state index contributed by atoms with van der Waals surface area (Å²) in [6.07, 6.45) is 9.25. The summed E-state index contributed by atoms with van der Waals surface area (Å²) >= 11 is 20.2. The van der Waals surface area contributed by atoms with E-state index in [0.717, 1.165) is 53.1 Å². The average Bonchev–Trinajstić information content (AvgIpc) is 3.32. The second-order valence-electron chi connectivity index (χ2n) is 10.1. The van der Waals surface area contributed by atoms with Crippen LogP contribution in [0.4, 0.5) is 0 Å². The first-order valence-electron chi connectivity index (χ1n) is 12.8. The number of allylic oxidation sites excluding steroid dienone is 3. The lowest BCUT2D eigenvalue weighted by Gasteiger charge is -2.45. The van der Waals surface area contributed by atoms with Gasteiger partial charge in [-0.3, -0.25) is 0 Å². The predicted molar refractivity (Wildman–Crippen MR) is 155 cm³/mol. The second kappa shape index (κ2) is 11.0. The molecule has 2 aromatic carbocycles. The molecule has 5 nitrogen and oxygen atoms in total. The smallest absolute Gasteiger partial charge is 0.231 e. The monoisotopic (exact) mass is 575 g/mol. The standard InChI is InChI=1S/C30H32Cl3NO4/c1-18(2)6-5-7-19(3)11-13-36-28-24(35-4)9-8-21-14-23-22-16-26-25(37-17-38-26)15-20(22)10-12-34(23)29(27(21)28)30(31,32)33/h6,8-9,11,14-16,29H,5,7,10,12-13,17H2,1-4H3/b19-11+/t29-/m1/s1. The van der Waals surface area contributed by atoms with Gasteiger partial charge in [-0.1, -0.05) is 58.1 Å². The Balaban J connectivity index is 1.54. The SMILES string of the molecule is COc1ccc2c(c1OC/C=C(\C)CCC=C(C)C)[C@H](C(Cl)(Cl)Cl)N1CCc3cc4c(cc3C1=C2)OCO4. The number of hydrogen-bond acceptors (Lipinski definition) is 5. The molecule has 0 radical (unpaired) electrons. The van der Waals surface area contributed by atoms with Crippen molar-refractivity contribution in [3.8, 4) is 23.0 Å². The number of ether oxygens (including phenoxy) is 4. The number of rotatable bonds is 7. The Bertz CT molecular complexity index is 1320. The van der Waals surface area contributed by atoms with E-state index in [1.54, 1.807) is 7.11 Å². The van der Waals surface area contributed by atoms with Crippen molar-refractivity contribution in [1.82, 2.24) is 4.90 Å². The molecule has 3 heterocycles.